The molecule has 2 aromatic heterocycles. The van der Waals surface area contributed by atoms with E-state index >= 15 is 0 Å². The molecule has 4 aromatic carbocycles. The molecule has 0 saturated heterocycles. The van der Waals surface area contributed by atoms with Gasteiger partial charge in [0.2, 0.25) is 0 Å². The number of rotatable bonds is 13. The van der Waals surface area contributed by atoms with Crippen molar-refractivity contribution in [1.82, 2.24) is 15.3 Å². The fourth-order valence-corrected chi connectivity index (χ4v) is 6.99. The van der Waals surface area contributed by atoms with Gasteiger partial charge in [0.25, 0.3) is 0 Å². The Kier molecular flexibility index (Phi) is 16.6. The second-order valence-corrected chi connectivity index (χ2v) is 14.4. The largest absolute Gasteiger partial charge is 0.493 e. The third-order valence-corrected chi connectivity index (χ3v) is 9.61. The molecule has 0 fully saturated rings. The van der Waals surface area contributed by atoms with Crippen LogP contribution in [0.1, 0.15) is 21.1 Å². The van der Waals surface area contributed by atoms with Crippen molar-refractivity contribution < 1.29 is 28.4 Å². The molecule has 2 heterocycles. The maximum atomic E-state index is 5.48. The highest BCUT2D eigenvalue weighted by Gasteiger charge is 2.08. The number of fused-ring (bicyclic) bond motifs is 2. The van der Waals surface area contributed by atoms with Crippen LogP contribution < -0.4 is 29.2 Å². The van der Waals surface area contributed by atoms with Crippen molar-refractivity contribution in [2.24, 2.45) is 0 Å². The van der Waals surface area contributed by atoms with Crippen LogP contribution >= 0.6 is 38.6 Å². The van der Waals surface area contributed by atoms with Crippen LogP contribution in [0.5, 0.6) is 23.0 Å². The first-order chi connectivity index (χ1) is 25.7. The van der Waals surface area contributed by atoms with Gasteiger partial charge in [0, 0.05) is 38.5 Å². The van der Waals surface area contributed by atoms with Crippen molar-refractivity contribution in [2.45, 2.75) is 0 Å². The minimum atomic E-state index is 0.187. The smallest absolute Gasteiger partial charge is 0.188 e. The molecule has 6 rings (SSSR count). The van der Waals surface area contributed by atoms with Crippen LogP contribution in [-0.4, -0.2) is 80.2 Å². The van der Waals surface area contributed by atoms with Crippen molar-refractivity contribution in [2.75, 3.05) is 75.1 Å². The van der Waals surface area contributed by atoms with Gasteiger partial charge in [-0.3, -0.25) is 0 Å². The van der Waals surface area contributed by atoms with E-state index in [1.165, 1.54) is 10.4 Å². The number of benzene rings is 4. The second-order valence-electron chi connectivity index (χ2n) is 11.4. The molecule has 0 aliphatic heterocycles. The molecular weight excluding hydrogens is 776 g/mol. The first-order valence-corrected chi connectivity index (χ1v) is 18.8. The molecule has 0 radical (unpaired) electrons. The summed E-state index contributed by atoms with van der Waals surface area (Å²) < 4.78 is 34.9. The van der Waals surface area contributed by atoms with Crippen molar-refractivity contribution in [3.05, 3.63) is 98.4 Å². The lowest BCUT2D eigenvalue weighted by Crippen LogP contribution is -2.07. The lowest BCUT2D eigenvalue weighted by atomic mass is 10.2. The van der Waals surface area contributed by atoms with Crippen LogP contribution in [0.2, 0.25) is 0 Å². The van der Waals surface area contributed by atoms with Crippen molar-refractivity contribution in [1.29, 1.82) is 0 Å². The van der Waals surface area contributed by atoms with Gasteiger partial charge in [0.1, 0.15) is 10.0 Å². The molecule has 0 aliphatic carbocycles. The van der Waals surface area contributed by atoms with E-state index in [1.54, 1.807) is 51.1 Å². The maximum Gasteiger partial charge on any atom is 0.188 e. The number of hydrogen-bond donors (Lipinski definition) is 1. The van der Waals surface area contributed by atoms with Gasteiger partial charge in [-0.25, -0.2) is 9.97 Å². The Balaban J connectivity index is 0.000000221. The predicted octanol–water partition coefficient (Wildman–Crippen LogP) is 9.58. The molecule has 280 valence electrons. The Morgan fingerprint density at radius 2 is 1.09 bits per heavy atom. The molecule has 0 aliphatic rings. The van der Waals surface area contributed by atoms with E-state index in [0.29, 0.717) is 23.0 Å². The lowest BCUT2D eigenvalue weighted by Gasteiger charge is -2.11. The number of anilines is 1. The standard InChI is InChI=1S/C20H22N2O3S.C18H16BrNO3S.C2H7N/c1-22(2)15-7-8-16-19(12-15)26-20(21-16)10-6-14-5-9-17(25-13-23-3)18(11-14)24-4;1-21-11-23-15-7-3-12(9-16(15)22-2)4-8-18-20-14-6-5-13(19)10-17(14)24-18;1-3-2/h5-12H,13H2,1-4H3;3-10H,11H2,1-2H3;3H,1-2H3/b10-6+;8-4+;. The van der Waals surface area contributed by atoms with E-state index in [4.69, 9.17) is 28.4 Å². The van der Waals surface area contributed by atoms with Crippen molar-refractivity contribution >= 4 is 89.0 Å². The summed E-state index contributed by atoms with van der Waals surface area (Å²) in [6.45, 7) is 0.374. The fraction of sp³-hybridized carbons (Fsp3) is 0.250. The molecule has 6 aromatic rings. The molecule has 1 N–H and O–H groups in total. The number of hydrogen-bond acceptors (Lipinski definition) is 12. The number of thiazole rings is 2. The number of nitrogens with zero attached hydrogens (tertiary/aromatic N) is 3. The van der Waals surface area contributed by atoms with E-state index < -0.39 is 0 Å². The van der Waals surface area contributed by atoms with Crippen molar-refractivity contribution in [3.8, 4) is 23.0 Å². The zero-order valence-electron chi connectivity index (χ0n) is 31.1. The summed E-state index contributed by atoms with van der Waals surface area (Å²) >= 11 is 6.81. The number of nitrogens with one attached hydrogen (secondary N) is 1. The van der Waals surface area contributed by atoms with E-state index in [1.807, 2.05) is 101 Å². The van der Waals surface area contributed by atoms with Crippen LogP contribution in [0, 0.1) is 0 Å². The first-order valence-electron chi connectivity index (χ1n) is 16.4. The van der Waals surface area contributed by atoms with Crippen LogP contribution in [-0.2, 0) is 9.47 Å². The van der Waals surface area contributed by atoms with Crippen molar-refractivity contribution in [3.63, 3.8) is 0 Å². The highest BCUT2D eigenvalue weighted by Crippen LogP contribution is 2.32. The zero-order valence-corrected chi connectivity index (χ0v) is 34.4. The maximum absolute atomic E-state index is 5.48. The summed E-state index contributed by atoms with van der Waals surface area (Å²) in [7, 11) is 14.2. The van der Waals surface area contributed by atoms with Crippen LogP contribution in [0.3, 0.4) is 0 Å². The fourth-order valence-electron chi connectivity index (χ4n) is 4.66. The summed E-state index contributed by atoms with van der Waals surface area (Å²) in [5.41, 5.74) is 5.22. The second kappa shape index (κ2) is 21.3. The average molecular weight is 822 g/mol. The Bertz CT molecular complexity index is 2110. The highest BCUT2D eigenvalue weighted by molar-refractivity contribution is 9.10. The van der Waals surface area contributed by atoms with Crippen LogP contribution in [0.4, 0.5) is 5.69 Å². The molecule has 10 nitrogen and oxygen atoms in total. The molecule has 0 atom stereocenters. The van der Waals surface area contributed by atoms with E-state index in [-0.39, 0.29) is 13.6 Å². The van der Waals surface area contributed by atoms with Gasteiger partial charge in [-0.1, -0.05) is 40.2 Å². The number of aromatic nitrogens is 2. The normalized spacial score (nSPS) is 11.0. The lowest BCUT2D eigenvalue weighted by molar-refractivity contribution is 0.0490. The summed E-state index contributed by atoms with van der Waals surface area (Å²) in [5, 5.41) is 4.68. The van der Waals surface area contributed by atoms with Crippen LogP contribution in [0.25, 0.3) is 44.7 Å². The quantitative estimate of drug-likeness (QED) is 0.114. The molecule has 0 amide bonds. The van der Waals surface area contributed by atoms with Crippen LogP contribution in [0.15, 0.2) is 77.3 Å². The predicted molar refractivity (Wildman–Crippen MR) is 225 cm³/mol. The van der Waals surface area contributed by atoms with E-state index in [2.05, 4.69) is 60.4 Å². The summed E-state index contributed by atoms with van der Waals surface area (Å²) in [4.78, 5) is 11.4. The Morgan fingerprint density at radius 3 is 1.55 bits per heavy atom. The molecule has 0 saturated carbocycles. The molecule has 0 bridgehead atoms. The van der Waals surface area contributed by atoms with E-state index in [9.17, 15) is 0 Å². The molecular formula is C40H45BrN4O6S2. The average Bonchev–Trinajstić information content (AvgIpc) is 3.78. The van der Waals surface area contributed by atoms with E-state index in [0.717, 1.165) is 41.3 Å². The monoisotopic (exact) mass is 820 g/mol. The SMILES string of the molecule is CNC.COCOc1ccc(/C=C/c2nc3ccc(Br)cc3s2)cc1OC.COCOc1ccc(/C=C/c2nc3ccc(N(C)C)cc3s2)cc1OC. The van der Waals surface area contributed by atoms with Gasteiger partial charge in [-0.15, -0.1) is 22.7 Å². The minimum Gasteiger partial charge on any atom is -0.493 e. The van der Waals surface area contributed by atoms with Gasteiger partial charge < -0.3 is 38.6 Å². The molecule has 13 heteroatoms. The number of halogens is 1. The Morgan fingerprint density at radius 1 is 0.623 bits per heavy atom. The minimum absolute atomic E-state index is 0.187. The Labute approximate surface area is 327 Å². The van der Waals surface area contributed by atoms with Gasteiger partial charge in [-0.2, -0.15) is 0 Å². The van der Waals surface area contributed by atoms with Gasteiger partial charge in [-0.05, 0) is 98.0 Å². The molecule has 53 heavy (non-hydrogen) atoms. The number of methoxy groups -OCH3 is 4. The third kappa shape index (κ3) is 12.3. The molecule has 0 spiro atoms. The Hall–Kier alpha value is -4.50. The summed E-state index contributed by atoms with van der Waals surface area (Å²) in [5.74, 6) is 2.65. The topological polar surface area (TPSA) is 96.4 Å². The summed E-state index contributed by atoms with van der Waals surface area (Å²) in [6, 6.07) is 23.9. The van der Waals surface area contributed by atoms with Gasteiger partial charge >= 0.3 is 0 Å². The third-order valence-electron chi connectivity index (χ3n) is 7.15. The number of ether oxygens (including phenoxy) is 6. The zero-order chi connectivity index (χ0) is 38.2. The highest BCUT2D eigenvalue weighted by atomic mass is 79.9. The van der Waals surface area contributed by atoms with Gasteiger partial charge in [0.15, 0.2) is 36.6 Å². The first kappa shape index (κ1) is 41.3. The summed E-state index contributed by atoms with van der Waals surface area (Å²) in [6.07, 6.45) is 8.05. The molecule has 0 unspecified atom stereocenters. The van der Waals surface area contributed by atoms with Gasteiger partial charge in [0.05, 0.1) is 34.7 Å².